The number of hydrogen-bond acceptors (Lipinski definition) is 9. The molecule has 35 heavy (non-hydrogen) atoms. The van der Waals surface area contributed by atoms with E-state index in [0.717, 1.165) is 68.0 Å². The average molecular weight is 483 g/mol. The van der Waals surface area contributed by atoms with Crippen molar-refractivity contribution in [2.75, 3.05) is 69.8 Å². The van der Waals surface area contributed by atoms with Crippen LogP contribution in [0.2, 0.25) is 0 Å². The highest BCUT2D eigenvalue weighted by Crippen LogP contribution is 2.32. The number of aromatic nitrogens is 2. The van der Waals surface area contributed by atoms with Crippen LogP contribution in [0.4, 0.5) is 11.6 Å². The van der Waals surface area contributed by atoms with Crippen LogP contribution in [0.25, 0.3) is 11.4 Å². The van der Waals surface area contributed by atoms with Gasteiger partial charge in [0.25, 0.3) is 0 Å². The molecule has 1 aromatic heterocycles. The fourth-order valence-corrected chi connectivity index (χ4v) is 4.87. The van der Waals surface area contributed by atoms with Gasteiger partial charge < -0.3 is 30.1 Å². The number of piperazine rings is 1. The molecule has 9 nitrogen and oxygen atoms in total. The summed E-state index contributed by atoms with van der Waals surface area (Å²) in [6, 6.07) is 8.88. The summed E-state index contributed by atoms with van der Waals surface area (Å²) in [6.07, 6.45) is 3.11. The maximum absolute atomic E-state index is 10.00. The molecule has 2 aromatic rings. The molecule has 0 amide bonds. The molecule has 5 rings (SSSR count). The van der Waals surface area contributed by atoms with Crippen LogP contribution in [0, 0.1) is 6.92 Å². The van der Waals surface area contributed by atoms with Gasteiger partial charge in [-0.05, 0) is 45.4 Å². The molecule has 3 heterocycles. The van der Waals surface area contributed by atoms with E-state index in [1.165, 1.54) is 12.8 Å². The molecule has 0 radical (unpaired) electrons. The Hall–Kier alpha value is -2.46. The van der Waals surface area contributed by atoms with Crippen LogP contribution >= 0.6 is 0 Å². The summed E-state index contributed by atoms with van der Waals surface area (Å²) in [4.78, 5) is 15.0. The van der Waals surface area contributed by atoms with E-state index < -0.39 is 6.10 Å². The van der Waals surface area contributed by atoms with Gasteiger partial charge in [0.2, 0.25) is 0 Å². The number of nitrogens with one attached hydrogen (secondary N) is 2. The first-order chi connectivity index (χ1) is 17.1. The summed E-state index contributed by atoms with van der Waals surface area (Å²) in [6.45, 7) is 8.44. The van der Waals surface area contributed by atoms with E-state index in [-0.39, 0.29) is 12.6 Å². The second-order valence-corrected chi connectivity index (χ2v) is 9.85. The van der Waals surface area contributed by atoms with Crippen molar-refractivity contribution in [3.8, 4) is 17.1 Å². The normalized spacial score (nSPS) is 21.8. The van der Waals surface area contributed by atoms with Crippen LogP contribution in [-0.4, -0.2) is 97.8 Å². The lowest BCUT2D eigenvalue weighted by Gasteiger charge is -2.36. The minimum Gasteiger partial charge on any atom is -0.491 e. The lowest BCUT2D eigenvalue weighted by molar-refractivity contribution is 0.108. The van der Waals surface area contributed by atoms with Gasteiger partial charge in [-0.1, -0.05) is 12.1 Å². The SMILES string of the molecule is CNCC(O)COc1cccc(-c2nc(N[C@@H]3CCOC3)c(C)c(N3CCN(C4CC4)CC3)n2)c1. The highest BCUT2D eigenvalue weighted by atomic mass is 16.5. The van der Waals surface area contributed by atoms with Crippen molar-refractivity contribution in [1.82, 2.24) is 20.2 Å². The van der Waals surface area contributed by atoms with Gasteiger partial charge in [0.15, 0.2) is 5.82 Å². The minimum absolute atomic E-state index is 0.226. The third kappa shape index (κ3) is 6.03. The molecule has 2 aliphatic heterocycles. The second kappa shape index (κ2) is 11.1. The molecule has 0 bridgehead atoms. The summed E-state index contributed by atoms with van der Waals surface area (Å²) in [5, 5.41) is 16.6. The molecule has 2 atom stereocenters. The van der Waals surface area contributed by atoms with E-state index >= 15 is 0 Å². The lowest BCUT2D eigenvalue weighted by atomic mass is 10.1. The summed E-state index contributed by atoms with van der Waals surface area (Å²) < 4.78 is 11.4. The molecule has 0 spiro atoms. The number of aliphatic hydroxyl groups is 1. The summed E-state index contributed by atoms with van der Waals surface area (Å²) in [5.41, 5.74) is 1.98. The average Bonchev–Trinajstić information content (AvgIpc) is 3.61. The number of likely N-dealkylation sites (N-methyl/N-ethyl adjacent to an activating group) is 1. The van der Waals surface area contributed by atoms with Gasteiger partial charge in [-0.2, -0.15) is 0 Å². The molecular formula is C26H38N6O3. The minimum atomic E-state index is -0.565. The number of rotatable bonds is 10. The predicted molar refractivity (Wildman–Crippen MR) is 137 cm³/mol. The first kappa shape index (κ1) is 24.2. The Labute approximate surface area is 207 Å². The van der Waals surface area contributed by atoms with Gasteiger partial charge in [-0.3, -0.25) is 4.90 Å². The summed E-state index contributed by atoms with van der Waals surface area (Å²) in [5.74, 6) is 3.25. The summed E-state index contributed by atoms with van der Waals surface area (Å²) >= 11 is 0. The van der Waals surface area contributed by atoms with Crippen LogP contribution in [0.1, 0.15) is 24.8 Å². The van der Waals surface area contributed by atoms with Crippen LogP contribution in [0.15, 0.2) is 24.3 Å². The Morgan fingerprint density at radius 1 is 1.17 bits per heavy atom. The first-order valence-electron chi connectivity index (χ1n) is 12.9. The van der Waals surface area contributed by atoms with Crippen molar-refractivity contribution in [3.05, 3.63) is 29.8 Å². The van der Waals surface area contributed by atoms with Gasteiger partial charge in [0.1, 0.15) is 30.1 Å². The van der Waals surface area contributed by atoms with Crippen LogP contribution < -0.4 is 20.3 Å². The highest BCUT2D eigenvalue weighted by molar-refractivity contribution is 5.67. The van der Waals surface area contributed by atoms with E-state index in [9.17, 15) is 5.11 Å². The standard InChI is InChI=1S/C26H38N6O3/c1-18-24(28-20-8-13-34-16-20)29-25(19-4-3-5-23(14-19)35-17-22(33)15-27-2)30-26(18)32-11-9-31(10-12-32)21-6-7-21/h3-5,14,20-22,27,33H,6-13,15-17H2,1-2H3,(H,28,29,30)/t20-,22?/m1/s1. The molecular weight excluding hydrogens is 444 g/mol. The molecule has 3 N–H and O–H groups in total. The van der Waals surface area contributed by atoms with Crippen molar-refractivity contribution in [2.24, 2.45) is 0 Å². The van der Waals surface area contributed by atoms with Crippen LogP contribution in [0.3, 0.4) is 0 Å². The number of aliphatic hydroxyl groups excluding tert-OH is 1. The number of hydrogen-bond donors (Lipinski definition) is 3. The molecule has 190 valence electrons. The third-order valence-corrected chi connectivity index (χ3v) is 7.04. The van der Waals surface area contributed by atoms with Crippen LogP contribution in [-0.2, 0) is 4.74 Å². The lowest BCUT2D eigenvalue weighted by Crippen LogP contribution is -2.47. The molecule has 1 aliphatic carbocycles. The Balaban J connectivity index is 1.40. The molecule has 1 aromatic carbocycles. The molecule has 2 saturated heterocycles. The highest BCUT2D eigenvalue weighted by Gasteiger charge is 2.32. The fraction of sp³-hybridized carbons (Fsp3) is 0.615. The Morgan fingerprint density at radius 2 is 2.00 bits per heavy atom. The number of nitrogens with zero attached hydrogens (tertiary/aromatic N) is 4. The van der Waals surface area contributed by atoms with E-state index in [2.05, 4.69) is 27.4 Å². The van der Waals surface area contributed by atoms with E-state index in [1.807, 2.05) is 31.3 Å². The second-order valence-electron chi connectivity index (χ2n) is 9.85. The molecule has 9 heteroatoms. The van der Waals surface area contributed by atoms with Gasteiger partial charge in [-0.25, -0.2) is 9.97 Å². The Kier molecular flexibility index (Phi) is 7.67. The zero-order valence-electron chi connectivity index (χ0n) is 20.9. The number of benzene rings is 1. The predicted octanol–water partition coefficient (Wildman–Crippen LogP) is 1.90. The van der Waals surface area contributed by atoms with Crippen molar-refractivity contribution in [1.29, 1.82) is 0 Å². The van der Waals surface area contributed by atoms with Crippen LogP contribution in [0.5, 0.6) is 5.75 Å². The van der Waals surface area contributed by atoms with Gasteiger partial charge in [0, 0.05) is 56.5 Å². The van der Waals surface area contributed by atoms with E-state index in [4.69, 9.17) is 19.4 Å². The molecule has 3 fully saturated rings. The number of ether oxygens (including phenoxy) is 2. The van der Waals surface area contributed by atoms with Gasteiger partial charge >= 0.3 is 0 Å². The van der Waals surface area contributed by atoms with Gasteiger partial charge in [0.05, 0.1) is 12.6 Å². The van der Waals surface area contributed by atoms with Crippen molar-refractivity contribution in [2.45, 2.75) is 44.4 Å². The quantitative estimate of drug-likeness (QED) is 0.469. The largest absolute Gasteiger partial charge is 0.491 e. The molecule has 1 unspecified atom stereocenters. The zero-order chi connectivity index (χ0) is 24.2. The van der Waals surface area contributed by atoms with Crippen molar-refractivity contribution in [3.63, 3.8) is 0 Å². The topological polar surface area (TPSA) is 95.0 Å². The van der Waals surface area contributed by atoms with Gasteiger partial charge in [-0.15, -0.1) is 0 Å². The zero-order valence-corrected chi connectivity index (χ0v) is 20.9. The van der Waals surface area contributed by atoms with E-state index in [1.54, 1.807) is 0 Å². The third-order valence-electron chi connectivity index (χ3n) is 7.04. The fourth-order valence-electron chi connectivity index (χ4n) is 4.87. The summed E-state index contributed by atoms with van der Waals surface area (Å²) in [7, 11) is 1.81. The molecule has 1 saturated carbocycles. The maximum Gasteiger partial charge on any atom is 0.164 e. The monoisotopic (exact) mass is 482 g/mol. The van der Waals surface area contributed by atoms with E-state index in [0.29, 0.717) is 24.7 Å². The Morgan fingerprint density at radius 3 is 2.71 bits per heavy atom. The van der Waals surface area contributed by atoms with Crippen molar-refractivity contribution >= 4 is 11.6 Å². The number of anilines is 2. The van der Waals surface area contributed by atoms with Crippen molar-refractivity contribution < 1.29 is 14.6 Å². The molecule has 3 aliphatic rings. The maximum atomic E-state index is 10.00. The first-order valence-corrected chi connectivity index (χ1v) is 12.9. The Bertz CT molecular complexity index is 987. The smallest absolute Gasteiger partial charge is 0.164 e.